The molecule has 0 bridgehead atoms. The van der Waals surface area contributed by atoms with Gasteiger partial charge < -0.3 is 59.1 Å². The Morgan fingerprint density at radius 2 is 1.21 bits per heavy atom. The first kappa shape index (κ1) is 51.2. The molecule has 0 saturated heterocycles. The molecule has 4 aromatic carbocycles. The van der Waals surface area contributed by atoms with E-state index in [0.717, 1.165) is 29.7 Å². The Morgan fingerprint density at radius 3 is 1.85 bits per heavy atom. The third-order valence-corrected chi connectivity index (χ3v) is 10.2. The average Bonchev–Trinajstić information content (AvgIpc) is 3.33. The van der Waals surface area contributed by atoms with Gasteiger partial charge in [0, 0.05) is 69.0 Å². The topological polar surface area (TPSA) is 283 Å². The van der Waals surface area contributed by atoms with E-state index < -0.39 is 23.9 Å². The van der Waals surface area contributed by atoms with Crippen molar-refractivity contribution in [1.82, 2.24) is 37.2 Å². The lowest BCUT2D eigenvalue weighted by Gasteiger charge is -2.23. The van der Waals surface area contributed by atoms with Crippen LogP contribution in [0.3, 0.4) is 0 Å². The summed E-state index contributed by atoms with van der Waals surface area (Å²) in [5, 5.41) is 32.7. The molecule has 66 heavy (non-hydrogen) atoms. The van der Waals surface area contributed by atoms with Crippen molar-refractivity contribution in [2.24, 2.45) is 16.5 Å². The predicted octanol–water partition coefficient (Wildman–Crippen LogP) is 2.95. The number of hydrogen-bond donors (Lipinski definition) is 11. The molecule has 0 aliphatic carbocycles. The van der Waals surface area contributed by atoms with Gasteiger partial charge in [-0.1, -0.05) is 61.5 Å². The van der Waals surface area contributed by atoms with Crippen LogP contribution in [0.5, 0.6) is 5.75 Å². The molecule has 0 radical (unpaired) electrons. The van der Waals surface area contributed by atoms with Crippen molar-refractivity contribution in [1.29, 1.82) is 0 Å². The Morgan fingerprint density at radius 1 is 0.606 bits per heavy atom. The largest absolute Gasteiger partial charge is 0.508 e. The number of urea groups is 1. The van der Waals surface area contributed by atoms with E-state index in [2.05, 4.69) is 47.5 Å². The Labute approximate surface area is 385 Å². The van der Waals surface area contributed by atoms with Crippen LogP contribution in [0.2, 0.25) is 0 Å². The van der Waals surface area contributed by atoms with E-state index in [1.807, 2.05) is 54.6 Å². The first-order valence-electron chi connectivity index (χ1n) is 22.2. The van der Waals surface area contributed by atoms with Crippen LogP contribution in [-0.4, -0.2) is 98.5 Å². The number of aromatic hydroxyl groups is 1. The van der Waals surface area contributed by atoms with Gasteiger partial charge in [-0.05, 0) is 104 Å². The number of amides is 7. The SMILES string of the molecule is CCC(=O)NCCNC(=O)/N=C(/N)NCCC[C@@H](NC(=O)C(c1ccccc1)c1ccc(NCCCNC(=O)c2ccc(C(=O)NCCCCN)cc2)cc1)C(=O)NCc1ccc(O)cc1. The Hall–Kier alpha value is -7.47. The standard InChI is InChI=1S/C48H63N11O7/c1-2-41(61)52-30-31-56-48(66)59-47(50)55-27-8-12-40(45(64)57-32-33-13-23-39(60)24-14-33)58-46(65)42(34-10-4-3-5-11-34)35-19-21-38(22-20-35)51-28-9-29-54-44(63)37-17-15-36(16-18-37)43(62)53-26-7-6-25-49/h3-5,10-11,13-24,40,42,51,60H,2,6-9,12,25-32,49H2,1H3,(H,52,61)(H,53,62)(H,54,63)(H,57,64)(H,58,65)(H4,50,55,56,59,66)/t40-,42?/m1/s1. The summed E-state index contributed by atoms with van der Waals surface area (Å²) in [6.07, 6.45) is 3.18. The lowest BCUT2D eigenvalue weighted by Crippen LogP contribution is -2.48. The molecule has 0 heterocycles. The molecule has 0 fully saturated rings. The van der Waals surface area contributed by atoms with Crippen molar-refractivity contribution in [3.05, 3.63) is 131 Å². The quantitative estimate of drug-likeness (QED) is 0.0248. The van der Waals surface area contributed by atoms with Gasteiger partial charge in [0.05, 0.1) is 5.92 Å². The van der Waals surface area contributed by atoms with Gasteiger partial charge in [0.2, 0.25) is 17.7 Å². The minimum absolute atomic E-state index is 0.0959. The van der Waals surface area contributed by atoms with Gasteiger partial charge in [0.25, 0.3) is 11.8 Å². The Kier molecular flexibility index (Phi) is 22.0. The van der Waals surface area contributed by atoms with E-state index in [4.69, 9.17) is 11.5 Å². The lowest BCUT2D eigenvalue weighted by atomic mass is 9.90. The number of rotatable bonds is 26. The average molecular weight is 906 g/mol. The number of hydrogen-bond acceptors (Lipinski definition) is 9. The molecule has 4 rings (SSSR count). The highest BCUT2D eigenvalue weighted by Crippen LogP contribution is 2.27. The van der Waals surface area contributed by atoms with Gasteiger partial charge in [0.15, 0.2) is 5.96 Å². The van der Waals surface area contributed by atoms with Gasteiger partial charge in [-0.15, -0.1) is 0 Å². The number of nitrogens with one attached hydrogen (secondary N) is 8. The van der Waals surface area contributed by atoms with Crippen molar-refractivity contribution in [2.75, 3.05) is 51.1 Å². The molecule has 7 amide bonds. The predicted molar refractivity (Wildman–Crippen MR) is 255 cm³/mol. The number of carbonyl (C=O) groups excluding carboxylic acids is 6. The van der Waals surface area contributed by atoms with Crippen molar-refractivity contribution in [2.45, 2.75) is 64.0 Å². The summed E-state index contributed by atoms with van der Waals surface area (Å²) in [6, 6.07) is 28.0. The van der Waals surface area contributed by atoms with Crippen LogP contribution in [0, 0.1) is 0 Å². The number of nitrogens with zero attached hydrogens (tertiary/aromatic N) is 1. The number of guanidine groups is 1. The van der Waals surface area contributed by atoms with Gasteiger partial charge in [-0.25, -0.2) is 4.79 Å². The minimum Gasteiger partial charge on any atom is -0.508 e. The van der Waals surface area contributed by atoms with Crippen molar-refractivity contribution in [3.8, 4) is 5.75 Å². The Balaban J connectivity index is 1.33. The second-order valence-electron chi connectivity index (χ2n) is 15.3. The number of aliphatic imine (C=N–C) groups is 1. The fourth-order valence-electron chi connectivity index (χ4n) is 6.56. The molecule has 0 spiro atoms. The van der Waals surface area contributed by atoms with Crippen LogP contribution in [0.1, 0.15) is 88.8 Å². The summed E-state index contributed by atoms with van der Waals surface area (Å²) in [5.74, 6) is -2.17. The van der Waals surface area contributed by atoms with Crippen molar-refractivity contribution < 1.29 is 33.9 Å². The normalized spacial score (nSPS) is 11.9. The van der Waals surface area contributed by atoms with Gasteiger partial charge in [-0.2, -0.15) is 4.99 Å². The molecular formula is C48H63N11O7. The van der Waals surface area contributed by atoms with E-state index in [-0.39, 0.29) is 67.9 Å². The summed E-state index contributed by atoms with van der Waals surface area (Å²) >= 11 is 0. The summed E-state index contributed by atoms with van der Waals surface area (Å²) in [5.41, 5.74) is 15.3. The number of phenols is 1. The third-order valence-electron chi connectivity index (χ3n) is 10.2. The summed E-state index contributed by atoms with van der Waals surface area (Å²) in [6.45, 7) is 4.65. The van der Waals surface area contributed by atoms with E-state index in [1.54, 1.807) is 43.3 Å². The molecule has 2 atom stereocenters. The van der Waals surface area contributed by atoms with Crippen LogP contribution >= 0.6 is 0 Å². The fourth-order valence-corrected chi connectivity index (χ4v) is 6.56. The molecule has 18 heteroatoms. The highest BCUT2D eigenvalue weighted by atomic mass is 16.3. The van der Waals surface area contributed by atoms with Crippen LogP contribution in [0.4, 0.5) is 10.5 Å². The zero-order chi connectivity index (χ0) is 47.5. The molecular weight excluding hydrogens is 843 g/mol. The van der Waals surface area contributed by atoms with E-state index in [1.165, 1.54) is 12.1 Å². The maximum absolute atomic E-state index is 14.3. The summed E-state index contributed by atoms with van der Waals surface area (Å²) in [7, 11) is 0. The van der Waals surface area contributed by atoms with Gasteiger partial charge >= 0.3 is 6.03 Å². The third kappa shape index (κ3) is 18.3. The number of anilines is 1. The summed E-state index contributed by atoms with van der Waals surface area (Å²) < 4.78 is 0. The fraction of sp³-hybridized carbons (Fsp3) is 0.354. The number of unbranched alkanes of at least 4 members (excludes halogenated alkanes) is 1. The molecule has 4 aromatic rings. The minimum atomic E-state index is -0.952. The van der Waals surface area contributed by atoms with Crippen LogP contribution < -0.4 is 54.0 Å². The van der Waals surface area contributed by atoms with Crippen LogP contribution in [0.25, 0.3) is 0 Å². The lowest BCUT2D eigenvalue weighted by molar-refractivity contribution is -0.129. The van der Waals surface area contributed by atoms with Crippen molar-refractivity contribution >= 4 is 47.2 Å². The molecule has 18 nitrogen and oxygen atoms in total. The first-order chi connectivity index (χ1) is 32.0. The summed E-state index contributed by atoms with van der Waals surface area (Å²) in [4.78, 5) is 80.3. The molecule has 1 unspecified atom stereocenters. The Bertz CT molecular complexity index is 2190. The molecule has 0 aliphatic rings. The molecule has 0 aromatic heterocycles. The first-order valence-corrected chi connectivity index (χ1v) is 22.2. The smallest absolute Gasteiger partial charge is 0.344 e. The second-order valence-corrected chi connectivity index (χ2v) is 15.3. The zero-order valence-electron chi connectivity index (χ0n) is 37.4. The second kappa shape index (κ2) is 28.3. The highest BCUT2D eigenvalue weighted by molar-refractivity contribution is 5.98. The monoisotopic (exact) mass is 905 g/mol. The number of phenolic OH excluding ortho intramolecular Hbond substituents is 1. The van der Waals surface area contributed by atoms with Crippen LogP contribution in [0.15, 0.2) is 108 Å². The van der Waals surface area contributed by atoms with E-state index in [9.17, 15) is 33.9 Å². The number of carbonyl (C=O) groups is 6. The maximum Gasteiger partial charge on any atom is 0.344 e. The van der Waals surface area contributed by atoms with E-state index >= 15 is 0 Å². The molecule has 13 N–H and O–H groups in total. The van der Waals surface area contributed by atoms with Gasteiger partial charge in [-0.3, -0.25) is 24.0 Å². The molecule has 0 aliphatic heterocycles. The number of nitrogens with two attached hydrogens (primary N) is 2. The van der Waals surface area contributed by atoms with Crippen LogP contribution in [-0.2, 0) is 20.9 Å². The van der Waals surface area contributed by atoms with Crippen molar-refractivity contribution in [3.63, 3.8) is 0 Å². The van der Waals surface area contributed by atoms with E-state index in [0.29, 0.717) is 62.1 Å². The number of benzene rings is 4. The zero-order valence-corrected chi connectivity index (χ0v) is 37.4. The highest BCUT2D eigenvalue weighted by Gasteiger charge is 2.28. The molecule has 352 valence electrons. The maximum atomic E-state index is 14.3. The molecule has 0 saturated carbocycles. The van der Waals surface area contributed by atoms with Gasteiger partial charge in [0.1, 0.15) is 11.8 Å².